The van der Waals surface area contributed by atoms with E-state index in [2.05, 4.69) is 5.32 Å². The summed E-state index contributed by atoms with van der Waals surface area (Å²) < 4.78 is 0. The van der Waals surface area contributed by atoms with E-state index in [1.807, 2.05) is 6.92 Å². The summed E-state index contributed by atoms with van der Waals surface area (Å²) in [7, 11) is 0. The number of hydrogen-bond acceptors (Lipinski definition) is 3. The van der Waals surface area contributed by atoms with Crippen molar-refractivity contribution in [1.29, 1.82) is 5.26 Å². The van der Waals surface area contributed by atoms with Gasteiger partial charge in [0.2, 0.25) is 0 Å². The van der Waals surface area contributed by atoms with Crippen molar-refractivity contribution in [3.63, 3.8) is 0 Å². The molecule has 0 saturated heterocycles. The van der Waals surface area contributed by atoms with Crippen LogP contribution in [0.1, 0.15) is 6.92 Å². The molecule has 5 nitrogen and oxygen atoms in total. The molecule has 0 aromatic carbocycles. The van der Waals surface area contributed by atoms with Crippen LogP contribution in [0.25, 0.3) is 0 Å². The smallest absolute Gasteiger partial charge is 0.318 e. The van der Waals surface area contributed by atoms with E-state index in [1.54, 1.807) is 6.07 Å². The SMILES string of the molecule is CCN(CCO)C(=O)NCC#N. The molecule has 12 heavy (non-hydrogen) atoms. The van der Waals surface area contributed by atoms with Crippen molar-refractivity contribution >= 4 is 6.03 Å². The van der Waals surface area contributed by atoms with Gasteiger partial charge in [0, 0.05) is 13.1 Å². The summed E-state index contributed by atoms with van der Waals surface area (Å²) in [5, 5.41) is 19.1. The molecule has 0 spiro atoms. The van der Waals surface area contributed by atoms with E-state index in [0.717, 1.165) is 0 Å². The number of aliphatic hydroxyl groups excluding tert-OH is 1. The van der Waals surface area contributed by atoms with Gasteiger partial charge in [-0.15, -0.1) is 0 Å². The number of nitrogens with one attached hydrogen (secondary N) is 1. The molecule has 5 heteroatoms. The van der Waals surface area contributed by atoms with Gasteiger partial charge in [-0.2, -0.15) is 5.26 Å². The van der Waals surface area contributed by atoms with E-state index in [9.17, 15) is 4.79 Å². The number of carbonyl (C=O) groups is 1. The molecule has 68 valence electrons. The molecule has 0 aliphatic carbocycles. The number of urea groups is 1. The highest BCUT2D eigenvalue weighted by atomic mass is 16.3. The minimum absolute atomic E-state index is 0.000756. The quantitative estimate of drug-likeness (QED) is 0.561. The van der Waals surface area contributed by atoms with E-state index >= 15 is 0 Å². The topological polar surface area (TPSA) is 76.4 Å². The summed E-state index contributed by atoms with van der Waals surface area (Å²) in [6.07, 6.45) is 0. The Morgan fingerprint density at radius 1 is 1.75 bits per heavy atom. The molecule has 0 unspecified atom stereocenters. The zero-order chi connectivity index (χ0) is 9.40. The summed E-state index contributed by atoms with van der Waals surface area (Å²) in [5.74, 6) is 0. The zero-order valence-corrected chi connectivity index (χ0v) is 7.08. The van der Waals surface area contributed by atoms with Crippen LogP contribution < -0.4 is 5.32 Å². The van der Waals surface area contributed by atoms with Crippen LogP contribution in [0.3, 0.4) is 0 Å². The van der Waals surface area contributed by atoms with Gasteiger partial charge in [0.05, 0.1) is 12.7 Å². The summed E-state index contributed by atoms with van der Waals surface area (Å²) in [5.41, 5.74) is 0. The number of nitriles is 1. The maximum atomic E-state index is 11.1. The van der Waals surface area contributed by atoms with Crippen LogP contribution in [0.5, 0.6) is 0 Å². The molecular formula is C7H13N3O2. The number of likely N-dealkylation sites (N-methyl/N-ethyl adjacent to an activating group) is 1. The lowest BCUT2D eigenvalue weighted by molar-refractivity contribution is 0.181. The van der Waals surface area contributed by atoms with Gasteiger partial charge >= 0.3 is 6.03 Å². The maximum absolute atomic E-state index is 11.1. The number of aliphatic hydroxyl groups is 1. The molecule has 0 rings (SSSR count). The van der Waals surface area contributed by atoms with E-state index in [4.69, 9.17) is 10.4 Å². The van der Waals surface area contributed by atoms with Crippen LogP contribution in [-0.2, 0) is 0 Å². The molecule has 0 radical (unpaired) electrons. The lowest BCUT2D eigenvalue weighted by atomic mass is 10.5. The minimum Gasteiger partial charge on any atom is -0.395 e. The largest absolute Gasteiger partial charge is 0.395 e. The summed E-state index contributed by atoms with van der Waals surface area (Å²) >= 11 is 0. The van der Waals surface area contributed by atoms with Crippen molar-refractivity contribution in [3.05, 3.63) is 0 Å². The Kier molecular flexibility index (Phi) is 5.75. The number of nitrogens with zero attached hydrogens (tertiary/aromatic N) is 2. The molecule has 2 N–H and O–H groups in total. The average Bonchev–Trinajstić information content (AvgIpc) is 2.10. The molecule has 0 fully saturated rings. The summed E-state index contributed by atoms with van der Waals surface area (Å²) in [6.45, 7) is 2.57. The van der Waals surface area contributed by atoms with Crippen molar-refractivity contribution in [3.8, 4) is 6.07 Å². The van der Waals surface area contributed by atoms with Crippen LogP contribution in [0, 0.1) is 11.3 Å². The molecule has 0 bridgehead atoms. The van der Waals surface area contributed by atoms with Gasteiger partial charge in [0.1, 0.15) is 6.54 Å². The van der Waals surface area contributed by atoms with E-state index in [1.165, 1.54) is 4.90 Å². The van der Waals surface area contributed by atoms with Gasteiger partial charge in [-0.3, -0.25) is 0 Å². The number of rotatable bonds is 4. The van der Waals surface area contributed by atoms with Gasteiger partial charge in [-0.05, 0) is 6.92 Å². The summed E-state index contributed by atoms with van der Waals surface area (Å²) in [4.78, 5) is 12.5. The van der Waals surface area contributed by atoms with E-state index < -0.39 is 0 Å². The fourth-order valence-electron chi connectivity index (χ4n) is 0.751. The van der Waals surface area contributed by atoms with Crippen molar-refractivity contribution in [2.45, 2.75) is 6.92 Å². The standard InChI is InChI=1S/C7H13N3O2/c1-2-10(5-6-11)7(12)9-4-3-8/h11H,2,4-6H2,1H3,(H,9,12). The van der Waals surface area contributed by atoms with Gasteiger partial charge < -0.3 is 15.3 Å². The lowest BCUT2D eigenvalue weighted by Gasteiger charge is -2.18. The molecular weight excluding hydrogens is 158 g/mol. The third kappa shape index (κ3) is 3.78. The van der Waals surface area contributed by atoms with Crippen LogP contribution in [0.15, 0.2) is 0 Å². The number of carbonyl (C=O) groups excluding carboxylic acids is 1. The molecule has 0 aliphatic heterocycles. The van der Waals surface area contributed by atoms with Crippen LogP contribution in [0.2, 0.25) is 0 Å². The monoisotopic (exact) mass is 171 g/mol. The maximum Gasteiger partial charge on any atom is 0.318 e. The Labute approximate surface area is 71.6 Å². The molecule has 0 atom stereocenters. The second-order valence-electron chi connectivity index (χ2n) is 2.12. The molecule has 0 heterocycles. The molecule has 0 saturated carbocycles. The Hall–Kier alpha value is -1.28. The van der Waals surface area contributed by atoms with Crippen LogP contribution in [-0.4, -0.2) is 42.3 Å². The second kappa shape index (κ2) is 6.43. The molecule has 0 aromatic heterocycles. The van der Waals surface area contributed by atoms with Crippen LogP contribution in [0.4, 0.5) is 4.79 Å². The number of amides is 2. The predicted octanol–water partition coefficient (Wildman–Crippen LogP) is -0.466. The Morgan fingerprint density at radius 2 is 2.42 bits per heavy atom. The average molecular weight is 171 g/mol. The second-order valence-corrected chi connectivity index (χ2v) is 2.12. The molecule has 2 amide bonds. The number of hydrogen-bond donors (Lipinski definition) is 2. The highest BCUT2D eigenvalue weighted by molar-refractivity contribution is 5.74. The first kappa shape index (κ1) is 10.7. The fraction of sp³-hybridized carbons (Fsp3) is 0.714. The van der Waals surface area contributed by atoms with Crippen LogP contribution >= 0.6 is 0 Å². The zero-order valence-electron chi connectivity index (χ0n) is 7.08. The Balaban J connectivity index is 3.78. The Bertz CT molecular complexity index is 176. The van der Waals surface area contributed by atoms with Crippen molar-refractivity contribution in [2.75, 3.05) is 26.2 Å². The third-order valence-corrected chi connectivity index (χ3v) is 1.36. The lowest BCUT2D eigenvalue weighted by Crippen LogP contribution is -2.41. The van der Waals surface area contributed by atoms with Gasteiger partial charge in [-0.25, -0.2) is 4.79 Å². The Morgan fingerprint density at radius 3 is 2.83 bits per heavy atom. The highest BCUT2D eigenvalue weighted by Gasteiger charge is 2.08. The van der Waals surface area contributed by atoms with Crippen molar-refractivity contribution in [2.24, 2.45) is 0 Å². The molecule has 0 aromatic rings. The van der Waals surface area contributed by atoms with E-state index in [0.29, 0.717) is 13.1 Å². The fourth-order valence-corrected chi connectivity index (χ4v) is 0.751. The predicted molar refractivity (Wildman–Crippen MR) is 43.3 cm³/mol. The van der Waals surface area contributed by atoms with Crippen molar-refractivity contribution < 1.29 is 9.90 Å². The minimum atomic E-state index is -0.312. The summed E-state index contributed by atoms with van der Waals surface area (Å²) in [6, 6.07) is 1.49. The first-order valence-electron chi connectivity index (χ1n) is 3.76. The third-order valence-electron chi connectivity index (χ3n) is 1.36. The van der Waals surface area contributed by atoms with Crippen molar-refractivity contribution in [1.82, 2.24) is 10.2 Å². The first-order valence-corrected chi connectivity index (χ1v) is 3.76. The van der Waals surface area contributed by atoms with E-state index in [-0.39, 0.29) is 19.2 Å². The highest BCUT2D eigenvalue weighted by Crippen LogP contribution is 1.86. The van der Waals surface area contributed by atoms with Gasteiger partial charge in [-0.1, -0.05) is 0 Å². The van der Waals surface area contributed by atoms with Gasteiger partial charge in [0.25, 0.3) is 0 Å². The first-order chi connectivity index (χ1) is 5.76. The van der Waals surface area contributed by atoms with Gasteiger partial charge in [0.15, 0.2) is 0 Å². The normalized spacial score (nSPS) is 8.75. The molecule has 0 aliphatic rings.